The SMILES string of the molecule is C=CC(C=CCCCC)=CC. The minimum Gasteiger partial charge on any atom is -0.0985 e. The lowest BCUT2D eigenvalue weighted by Gasteiger charge is -1.90. The van der Waals surface area contributed by atoms with Gasteiger partial charge in [-0.05, 0) is 18.9 Å². The quantitative estimate of drug-likeness (QED) is 0.412. The fourth-order valence-electron chi connectivity index (χ4n) is 0.824. The van der Waals surface area contributed by atoms with Gasteiger partial charge in [-0.2, -0.15) is 0 Å². The molecule has 0 saturated carbocycles. The third kappa shape index (κ3) is 5.65. The molecule has 0 unspecified atom stereocenters. The van der Waals surface area contributed by atoms with Crippen LogP contribution < -0.4 is 0 Å². The summed E-state index contributed by atoms with van der Waals surface area (Å²) in [6.45, 7) is 7.95. The first-order valence-electron chi connectivity index (χ1n) is 4.30. The van der Waals surface area contributed by atoms with Crippen LogP contribution in [0.4, 0.5) is 0 Å². The average Bonchev–Trinajstić information content (AvgIpc) is 2.05. The molecule has 0 fully saturated rings. The maximum Gasteiger partial charge on any atom is -0.0308 e. The van der Waals surface area contributed by atoms with Crippen LogP contribution in [0, 0.1) is 0 Å². The summed E-state index contributed by atoms with van der Waals surface area (Å²) in [5, 5.41) is 0. The van der Waals surface area contributed by atoms with Gasteiger partial charge in [0.15, 0.2) is 0 Å². The minimum atomic E-state index is 1.18. The molecule has 0 saturated heterocycles. The average molecular weight is 150 g/mol. The molecule has 0 bridgehead atoms. The van der Waals surface area contributed by atoms with E-state index in [1.54, 1.807) is 0 Å². The zero-order chi connectivity index (χ0) is 8.53. The van der Waals surface area contributed by atoms with Crippen molar-refractivity contribution in [1.29, 1.82) is 0 Å². The first-order valence-corrected chi connectivity index (χ1v) is 4.30. The van der Waals surface area contributed by atoms with Crippen LogP contribution in [-0.2, 0) is 0 Å². The molecule has 0 nitrogen and oxygen atoms in total. The van der Waals surface area contributed by atoms with Gasteiger partial charge in [-0.3, -0.25) is 0 Å². The summed E-state index contributed by atoms with van der Waals surface area (Å²) in [4.78, 5) is 0. The Morgan fingerprint density at radius 3 is 2.64 bits per heavy atom. The van der Waals surface area contributed by atoms with Gasteiger partial charge in [-0.1, -0.05) is 50.6 Å². The highest BCUT2D eigenvalue weighted by Gasteiger charge is 1.80. The fourth-order valence-corrected chi connectivity index (χ4v) is 0.824. The van der Waals surface area contributed by atoms with Crippen molar-refractivity contribution >= 4 is 0 Å². The van der Waals surface area contributed by atoms with E-state index in [9.17, 15) is 0 Å². The summed E-state index contributed by atoms with van der Waals surface area (Å²) in [5.74, 6) is 0. The van der Waals surface area contributed by atoms with Crippen LogP contribution in [0.3, 0.4) is 0 Å². The topological polar surface area (TPSA) is 0 Å². The van der Waals surface area contributed by atoms with Gasteiger partial charge in [0.2, 0.25) is 0 Å². The number of hydrogen-bond acceptors (Lipinski definition) is 0. The third-order valence-electron chi connectivity index (χ3n) is 1.60. The Bertz CT molecular complexity index is 149. The Morgan fingerprint density at radius 2 is 2.18 bits per heavy atom. The van der Waals surface area contributed by atoms with Gasteiger partial charge < -0.3 is 0 Å². The molecule has 0 aromatic carbocycles. The standard InChI is InChI=1S/C11H18/c1-4-7-8-9-10-11(5-2)6-3/h5-6,9-10H,2,4,7-8H2,1,3H3. The van der Waals surface area contributed by atoms with Crippen molar-refractivity contribution in [2.45, 2.75) is 33.1 Å². The maximum atomic E-state index is 3.71. The fraction of sp³-hybridized carbons (Fsp3) is 0.455. The molecule has 0 heteroatoms. The predicted molar refractivity (Wildman–Crippen MR) is 52.6 cm³/mol. The van der Waals surface area contributed by atoms with E-state index in [0.29, 0.717) is 0 Å². The monoisotopic (exact) mass is 150 g/mol. The molecule has 0 aliphatic rings. The first kappa shape index (κ1) is 10.2. The Kier molecular flexibility index (Phi) is 6.81. The molecule has 0 aliphatic heterocycles. The van der Waals surface area contributed by atoms with Gasteiger partial charge in [0, 0.05) is 0 Å². The summed E-state index contributed by atoms with van der Waals surface area (Å²) in [7, 11) is 0. The number of allylic oxidation sites excluding steroid dienone is 5. The van der Waals surface area contributed by atoms with Crippen molar-refractivity contribution in [2.24, 2.45) is 0 Å². The van der Waals surface area contributed by atoms with Gasteiger partial charge >= 0.3 is 0 Å². The van der Waals surface area contributed by atoms with Crippen LogP contribution in [0.2, 0.25) is 0 Å². The summed E-state index contributed by atoms with van der Waals surface area (Å²) in [6, 6.07) is 0. The van der Waals surface area contributed by atoms with E-state index in [-0.39, 0.29) is 0 Å². The summed E-state index contributed by atoms with van der Waals surface area (Å²) in [5.41, 5.74) is 1.21. The molecule has 0 atom stereocenters. The predicted octanol–water partition coefficient (Wildman–Crippen LogP) is 3.87. The van der Waals surface area contributed by atoms with Crippen molar-refractivity contribution < 1.29 is 0 Å². The summed E-state index contributed by atoms with van der Waals surface area (Å²) >= 11 is 0. The maximum absolute atomic E-state index is 3.71. The largest absolute Gasteiger partial charge is 0.0985 e. The molecule has 11 heavy (non-hydrogen) atoms. The molecular formula is C11H18. The molecule has 0 rings (SSSR count). The minimum absolute atomic E-state index is 1.18. The molecule has 0 radical (unpaired) electrons. The van der Waals surface area contributed by atoms with E-state index in [2.05, 4.69) is 31.7 Å². The molecule has 0 heterocycles. The lowest BCUT2D eigenvalue weighted by Crippen LogP contribution is -1.70. The molecule has 0 N–H and O–H groups in total. The Balaban J connectivity index is 3.63. The van der Waals surface area contributed by atoms with Crippen molar-refractivity contribution in [3.63, 3.8) is 0 Å². The van der Waals surface area contributed by atoms with E-state index >= 15 is 0 Å². The Morgan fingerprint density at radius 1 is 1.45 bits per heavy atom. The smallest absolute Gasteiger partial charge is 0.0308 e. The molecule has 0 amide bonds. The number of hydrogen-bond donors (Lipinski definition) is 0. The van der Waals surface area contributed by atoms with E-state index in [4.69, 9.17) is 0 Å². The normalized spacial score (nSPS) is 12.4. The highest BCUT2D eigenvalue weighted by molar-refractivity contribution is 5.28. The zero-order valence-electron chi connectivity index (χ0n) is 7.64. The van der Waals surface area contributed by atoms with E-state index in [1.807, 2.05) is 13.0 Å². The van der Waals surface area contributed by atoms with Gasteiger partial charge in [0.05, 0.1) is 0 Å². The molecule has 62 valence electrons. The summed E-state index contributed by atoms with van der Waals surface area (Å²) < 4.78 is 0. The van der Waals surface area contributed by atoms with Crippen LogP contribution in [0.25, 0.3) is 0 Å². The lowest BCUT2D eigenvalue weighted by molar-refractivity contribution is 0.814. The van der Waals surface area contributed by atoms with Crippen LogP contribution in [0.1, 0.15) is 33.1 Å². The van der Waals surface area contributed by atoms with Gasteiger partial charge in [-0.15, -0.1) is 0 Å². The summed E-state index contributed by atoms with van der Waals surface area (Å²) in [6.07, 6.45) is 12.0. The van der Waals surface area contributed by atoms with E-state index in [0.717, 1.165) is 0 Å². The molecule has 0 aliphatic carbocycles. The van der Waals surface area contributed by atoms with E-state index in [1.165, 1.54) is 24.8 Å². The second kappa shape index (κ2) is 7.33. The molecule has 0 aromatic heterocycles. The highest BCUT2D eigenvalue weighted by Crippen LogP contribution is 2.01. The Hall–Kier alpha value is -0.780. The number of unbranched alkanes of at least 4 members (excludes halogenated alkanes) is 2. The van der Waals surface area contributed by atoms with Crippen LogP contribution in [0.5, 0.6) is 0 Å². The van der Waals surface area contributed by atoms with Crippen molar-refractivity contribution in [2.75, 3.05) is 0 Å². The van der Waals surface area contributed by atoms with Crippen molar-refractivity contribution in [3.05, 3.63) is 36.5 Å². The van der Waals surface area contributed by atoms with Crippen LogP contribution in [-0.4, -0.2) is 0 Å². The second-order valence-electron chi connectivity index (χ2n) is 2.54. The molecule has 0 aromatic rings. The second-order valence-corrected chi connectivity index (χ2v) is 2.54. The Labute approximate surface area is 70.3 Å². The van der Waals surface area contributed by atoms with Crippen LogP contribution in [0.15, 0.2) is 36.5 Å². The third-order valence-corrected chi connectivity index (χ3v) is 1.60. The number of rotatable bonds is 5. The van der Waals surface area contributed by atoms with Gasteiger partial charge in [0.1, 0.15) is 0 Å². The van der Waals surface area contributed by atoms with Crippen LogP contribution >= 0.6 is 0 Å². The molecular weight excluding hydrogens is 132 g/mol. The van der Waals surface area contributed by atoms with E-state index < -0.39 is 0 Å². The van der Waals surface area contributed by atoms with Crippen molar-refractivity contribution in [3.8, 4) is 0 Å². The van der Waals surface area contributed by atoms with Crippen molar-refractivity contribution in [1.82, 2.24) is 0 Å². The molecule has 0 spiro atoms. The first-order chi connectivity index (χ1) is 5.35. The lowest BCUT2D eigenvalue weighted by atomic mass is 10.2. The van der Waals surface area contributed by atoms with Gasteiger partial charge in [0.25, 0.3) is 0 Å². The van der Waals surface area contributed by atoms with Gasteiger partial charge in [-0.25, -0.2) is 0 Å². The zero-order valence-corrected chi connectivity index (χ0v) is 7.64. The highest BCUT2D eigenvalue weighted by atomic mass is 13.9.